The Balaban J connectivity index is 2.07. The van der Waals surface area contributed by atoms with E-state index in [9.17, 15) is 0 Å². The second-order valence-electron chi connectivity index (χ2n) is 3.14. The van der Waals surface area contributed by atoms with Crippen LogP contribution in [-0.4, -0.2) is 29.2 Å². The summed E-state index contributed by atoms with van der Waals surface area (Å²) in [6.07, 6.45) is 0.974. The number of nitrogen functional groups attached to an aromatic ring is 1. The van der Waals surface area contributed by atoms with Crippen LogP contribution in [0, 0.1) is 0 Å². The molecule has 0 bridgehead atoms. The van der Waals surface area contributed by atoms with Gasteiger partial charge in [-0.3, -0.25) is 0 Å². The average Bonchev–Trinajstić information content (AvgIpc) is 2.54. The molecule has 0 radical (unpaired) electrons. The van der Waals surface area contributed by atoms with Crippen molar-refractivity contribution in [3.63, 3.8) is 0 Å². The molecular weight excluding hydrogens is 204 g/mol. The lowest BCUT2D eigenvalue weighted by Gasteiger charge is -2.11. The molecule has 0 saturated carbocycles. The fourth-order valence-corrected chi connectivity index (χ4v) is 1.56. The third kappa shape index (κ3) is 2.24. The van der Waals surface area contributed by atoms with Crippen LogP contribution in [0.15, 0.2) is 6.07 Å². The van der Waals surface area contributed by atoms with Crippen LogP contribution in [0.25, 0.3) is 0 Å². The van der Waals surface area contributed by atoms with E-state index in [-0.39, 0.29) is 5.95 Å². The molecule has 0 aliphatic carbocycles. The van der Waals surface area contributed by atoms with Gasteiger partial charge in [-0.2, -0.15) is 4.98 Å². The molecule has 76 valence electrons. The van der Waals surface area contributed by atoms with Crippen LogP contribution >= 0.6 is 11.6 Å². The van der Waals surface area contributed by atoms with E-state index in [1.807, 2.05) is 0 Å². The lowest BCUT2D eigenvalue weighted by molar-refractivity contribution is 0.195. The van der Waals surface area contributed by atoms with Gasteiger partial charge in [-0.1, -0.05) is 11.6 Å². The van der Waals surface area contributed by atoms with Crippen LogP contribution in [0.1, 0.15) is 6.42 Å². The Bertz CT molecular complexity index is 307. The molecule has 1 aromatic heterocycles. The number of aromatic nitrogens is 2. The van der Waals surface area contributed by atoms with Gasteiger partial charge in [-0.25, -0.2) is 4.98 Å². The molecule has 0 unspecified atom stereocenters. The second-order valence-corrected chi connectivity index (χ2v) is 3.53. The van der Waals surface area contributed by atoms with Crippen molar-refractivity contribution in [3.8, 4) is 0 Å². The van der Waals surface area contributed by atoms with E-state index in [2.05, 4.69) is 15.3 Å². The summed E-state index contributed by atoms with van der Waals surface area (Å²) in [6, 6.07) is 1.94. The Kier molecular flexibility index (Phi) is 2.69. The molecule has 1 fully saturated rings. The number of hydrogen-bond acceptors (Lipinski definition) is 5. The SMILES string of the molecule is Nc1nc(Cl)cc(N[C@@H]2CCOC2)n1. The van der Waals surface area contributed by atoms with Crippen LogP contribution in [-0.2, 0) is 4.74 Å². The largest absolute Gasteiger partial charge is 0.379 e. The predicted molar refractivity (Wildman–Crippen MR) is 54.3 cm³/mol. The molecule has 2 heterocycles. The third-order valence-corrected chi connectivity index (χ3v) is 2.19. The van der Waals surface area contributed by atoms with Gasteiger partial charge in [0.05, 0.1) is 12.6 Å². The van der Waals surface area contributed by atoms with Crippen molar-refractivity contribution in [2.45, 2.75) is 12.5 Å². The summed E-state index contributed by atoms with van der Waals surface area (Å²) in [6.45, 7) is 1.48. The first-order valence-corrected chi connectivity index (χ1v) is 4.76. The maximum atomic E-state index is 5.73. The van der Waals surface area contributed by atoms with Crippen LogP contribution in [0.4, 0.5) is 11.8 Å². The Hall–Kier alpha value is -1.07. The van der Waals surface area contributed by atoms with Crippen molar-refractivity contribution in [2.24, 2.45) is 0 Å². The fraction of sp³-hybridized carbons (Fsp3) is 0.500. The molecule has 1 aliphatic heterocycles. The zero-order valence-corrected chi connectivity index (χ0v) is 8.29. The highest BCUT2D eigenvalue weighted by molar-refractivity contribution is 6.29. The zero-order valence-electron chi connectivity index (χ0n) is 7.53. The molecule has 0 aromatic carbocycles. The number of nitrogens with zero attached hydrogens (tertiary/aromatic N) is 2. The van der Waals surface area contributed by atoms with Gasteiger partial charge < -0.3 is 15.8 Å². The quantitative estimate of drug-likeness (QED) is 0.716. The molecule has 14 heavy (non-hydrogen) atoms. The molecule has 3 N–H and O–H groups in total. The Labute approximate surface area is 86.6 Å². The standard InChI is InChI=1S/C8H11ClN4O/c9-6-3-7(13-8(10)12-6)11-5-1-2-14-4-5/h3,5H,1-2,4H2,(H3,10,11,12,13)/t5-/m1/s1. The van der Waals surface area contributed by atoms with Gasteiger partial charge in [0.2, 0.25) is 5.95 Å². The Morgan fingerprint density at radius 3 is 3.07 bits per heavy atom. The Morgan fingerprint density at radius 1 is 1.57 bits per heavy atom. The lowest BCUT2D eigenvalue weighted by Crippen LogP contribution is -2.20. The highest BCUT2D eigenvalue weighted by atomic mass is 35.5. The van der Waals surface area contributed by atoms with Crippen LogP contribution in [0.3, 0.4) is 0 Å². The second kappa shape index (κ2) is 3.98. The number of nitrogens with one attached hydrogen (secondary N) is 1. The van der Waals surface area contributed by atoms with Gasteiger partial charge in [0.25, 0.3) is 0 Å². The monoisotopic (exact) mass is 214 g/mol. The van der Waals surface area contributed by atoms with E-state index >= 15 is 0 Å². The number of halogens is 1. The van der Waals surface area contributed by atoms with Crippen molar-refractivity contribution < 1.29 is 4.74 Å². The topological polar surface area (TPSA) is 73.1 Å². The highest BCUT2D eigenvalue weighted by Gasteiger charge is 2.15. The number of anilines is 2. The number of rotatable bonds is 2. The van der Waals surface area contributed by atoms with Crippen LogP contribution in [0.5, 0.6) is 0 Å². The first kappa shape index (κ1) is 9.48. The molecule has 6 heteroatoms. The summed E-state index contributed by atoms with van der Waals surface area (Å²) in [4.78, 5) is 7.78. The summed E-state index contributed by atoms with van der Waals surface area (Å²) >= 11 is 5.73. The van der Waals surface area contributed by atoms with E-state index in [4.69, 9.17) is 22.1 Å². The van der Waals surface area contributed by atoms with E-state index in [0.29, 0.717) is 23.6 Å². The first-order valence-electron chi connectivity index (χ1n) is 4.38. The summed E-state index contributed by atoms with van der Waals surface area (Å²) in [5.41, 5.74) is 5.46. The van der Waals surface area contributed by atoms with Gasteiger partial charge in [0.15, 0.2) is 0 Å². The fourth-order valence-electron chi connectivity index (χ4n) is 1.37. The Morgan fingerprint density at radius 2 is 2.43 bits per heavy atom. The van der Waals surface area contributed by atoms with Crippen LogP contribution in [0.2, 0.25) is 5.15 Å². The minimum Gasteiger partial charge on any atom is -0.379 e. The molecule has 1 aliphatic rings. The molecule has 1 aromatic rings. The van der Waals surface area contributed by atoms with Crippen molar-refractivity contribution >= 4 is 23.4 Å². The average molecular weight is 215 g/mol. The maximum absolute atomic E-state index is 5.73. The number of ether oxygens (including phenoxy) is 1. The van der Waals surface area contributed by atoms with E-state index in [1.54, 1.807) is 6.07 Å². The highest BCUT2D eigenvalue weighted by Crippen LogP contribution is 2.15. The minimum absolute atomic E-state index is 0.180. The first-order chi connectivity index (χ1) is 6.74. The van der Waals surface area contributed by atoms with Crippen molar-refractivity contribution in [3.05, 3.63) is 11.2 Å². The van der Waals surface area contributed by atoms with Crippen molar-refractivity contribution in [2.75, 3.05) is 24.3 Å². The molecular formula is C8H11ClN4O. The summed E-state index contributed by atoms with van der Waals surface area (Å²) in [7, 11) is 0. The van der Waals surface area contributed by atoms with Crippen molar-refractivity contribution in [1.82, 2.24) is 9.97 Å². The summed E-state index contributed by atoms with van der Waals surface area (Å²) in [5.74, 6) is 0.830. The summed E-state index contributed by atoms with van der Waals surface area (Å²) < 4.78 is 5.22. The van der Waals surface area contributed by atoms with E-state index in [0.717, 1.165) is 13.0 Å². The number of nitrogens with two attached hydrogens (primary N) is 1. The summed E-state index contributed by atoms with van der Waals surface area (Å²) in [5, 5.41) is 3.53. The lowest BCUT2D eigenvalue weighted by atomic mass is 10.2. The molecule has 0 amide bonds. The zero-order chi connectivity index (χ0) is 9.97. The van der Waals surface area contributed by atoms with E-state index in [1.165, 1.54) is 0 Å². The van der Waals surface area contributed by atoms with Gasteiger partial charge in [0, 0.05) is 12.7 Å². The minimum atomic E-state index is 0.180. The number of hydrogen-bond donors (Lipinski definition) is 2. The van der Waals surface area contributed by atoms with Crippen LogP contribution < -0.4 is 11.1 Å². The van der Waals surface area contributed by atoms with E-state index < -0.39 is 0 Å². The van der Waals surface area contributed by atoms with Crippen molar-refractivity contribution in [1.29, 1.82) is 0 Å². The molecule has 5 nitrogen and oxygen atoms in total. The third-order valence-electron chi connectivity index (χ3n) is 1.99. The smallest absolute Gasteiger partial charge is 0.223 e. The normalized spacial score (nSPS) is 21.1. The van der Waals surface area contributed by atoms with Gasteiger partial charge in [0.1, 0.15) is 11.0 Å². The maximum Gasteiger partial charge on any atom is 0.223 e. The van der Waals surface area contributed by atoms with Gasteiger partial charge in [-0.15, -0.1) is 0 Å². The molecule has 1 saturated heterocycles. The molecule has 1 atom stereocenters. The van der Waals surface area contributed by atoms with Gasteiger partial charge >= 0.3 is 0 Å². The van der Waals surface area contributed by atoms with Gasteiger partial charge in [-0.05, 0) is 6.42 Å². The molecule has 2 rings (SSSR count). The molecule has 0 spiro atoms. The predicted octanol–water partition coefficient (Wildman–Crippen LogP) is 0.913.